The second kappa shape index (κ2) is 6.51. The van der Waals surface area contributed by atoms with Crippen LogP contribution in [0, 0.1) is 5.82 Å². The highest BCUT2D eigenvalue weighted by atomic mass is 35.5. The van der Waals surface area contributed by atoms with E-state index in [-0.39, 0.29) is 5.82 Å². The topological polar surface area (TPSA) is 17.8 Å². The fourth-order valence-corrected chi connectivity index (χ4v) is 3.12. The molecule has 124 valence electrons. The smallest absolute Gasteiger partial charge is 0.151 e. The lowest BCUT2D eigenvalue weighted by Crippen LogP contribution is -2.02. The zero-order valence-electron chi connectivity index (χ0n) is 13.1. The molecular weight excluding hydrogens is 358 g/mol. The average Bonchev–Trinajstić information content (AvgIpc) is 2.98. The first-order valence-electron chi connectivity index (χ1n) is 7.77. The molecule has 0 fully saturated rings. The fourth-order valence-electron chi connectivity index (χ4n) is 2.86. The number of fused-ring (bicyclic) bond motifs is 1. The Hall–Kier alpha value is -2.36. The Morgan fingerprint density at radius 1 is 0.840 bits per heavy atom. The fraction of sp³-hybridized carbons (Fsp3) is 0.0500. The summed E-state index contributed by atoms with van der Waals surface area (Å²) in [5.74, 6) is 0.370. The van der Waals surface area contributed by atoms with E-state index >= 15 is 0 Å². The summed E-state index contributed by atoms with van der Waals surface area (Å²) in [5.41, 5.74) is 3.05. The molecule has 0 atom stereocenters. The zero-order chi connectivity index (χ0) is 17.4. The third kappa shape index (κ3) is 3.13. The van der Waals surface area contributed by atoms with Crippen molar-refractivity contribution in [2.45, 2.75) is 6.54 Å². The normalized spacial score (nSPS) is 11.2. The van der Waals surface area contributed by atoms with E-state index in [1.54, 1.807) is 18.2 Å². The molecule has 0 saturated carbocycles. The van der Waals surface area contributed by atoms with Crippen LogP contribution in [0.25, 0.3) is 22.4 Å². The van der Waals surface area contributed by atoms with Crippen LogP contribution in [0.4, 0.5) is 4.39 Å². The monoisotopic (exact) mass is 370 g/mol. The lowest BCUT2D eigenvalue weighted by molar-refractivity contribution is 0.637. The van der Waals surface area contributed by atoms with Gasteiger partial charge in [0.15, 0.2) is 5.82 Å². The van der Waals surface area contributed by atoms with Crippen molar-refractivity contribution in [1.29, 1.82) is 0 Å². The zero-order valence-corrected chi connectivity index (χ0v) is 14.6. The summed E-state index contributed by atoms with van der Waals surface area (Å²) >= 11 is 12.0. The number of rotatable bonds is 3. The van der Waals surface area contributed by atoms with Gasteiger partial charge in [-0.1, -0.05) is 41.4 Å². The maximum Gasteiger partial charge on any atom is 0.151 e. The molecular formula is C20H13Cl2FN2. The van der Waals surface area contributed by atoms with Crippen molar-refractivity contribution in [1.82, 2.24) is 9.55 Å². The third-order valence-electron chi connectivity index (χ3n) is 4.09. The van der Waals surface area contributed by atoms with Crippen LogP contribution in [-0.4, -0.2) is 9.55 Å². The SMILES string of the molecule is Fc1cccc2c1nc(-c1ccc(Cl)cc1)n2Cc1ccc(Cl)cc1. The molecule has 0 N–H and O–H groups in total. The van der Waals surface area contributed by atoms with Crippen molar-refractivity contribution in [2.24, 2.45) is 0 Å². The van der Waals surface area contributed by atoms with Gasteiger partial charge in [-0.3, -0.25) is 0 Å². The van der Waals surface area contributed by atoms with E-state index in [2.05, 4.69) is 4.98 Å². The van der Waals surface area contributed by atoms with Crippen molar-refractivity contribution in [2.75, 3.05) is 0 Å². The van der Waals surface area contributed by atoms with Gasteiger partial charge in [0, 0.05) is 22.2 Å². The number of hydrogen-bond donors (Lipinski definition) is 0. The number of aromatic nitrogens is 2. The molecule has 25 heavy (non-hydrogen) atoms. The van der Waals surface area contributed by atoms with Crippen LogP contribution in [0.1, 0.15) is 5.56 Å². The van der Waals surface area contributed by atoms with Gasteiger partial charge in [-0.25, -0.2) is 9.37 Å². The predicted molar refractivity (Wildman–Crippen MR) is 101 cm³/mol. The molecule has 3 aromatic carbocycles. The summed E-state index contributed by atoms with van der Waals surface area (Å²) < 4.78 is 16.2. The Balaban J connectivity index is 1.90. The Kier molecular flexibility index (Phi) is 4.20. The maximum atomic E-state index is 14.2. The maximum absolute atomic E-state index is 14.2. The lowest BCUT2D eigenvalue weighted by atomic mass is 10.2. The van der Waals surface area contributed by atoms with Crippen molar-refractivity contribution in [3.05, 3.63) is 88.2 Å². The van der Waals surface area contributed by atoms with E-state index < -0.39 is 0 Å². The number of halogens is 3. The number of imidazole rings is 1. The highest BCUT2D eigenvalue weighted by molar-refractivity contribution is 6.30. The van der Waals surface area contributed by atoms with Gasteiger partial charge in [-0.2, -0.15) is 0 Å². The molecule has 0 amide bonds. The van der Waals surface area contributed by atoms with Crippen LogP contribution in [0.5, 0.6) is 0 Å². The second-order valence-electron chi connectivity index (χ2n) is 5.76. The molecule has 2 nitrogen and oxygen atoms in total. The highest BCUT2D eigenvalue weighted by Crippen LogP contribution is 2.28. The van der Waals surface area contributed by atoms with Crippen molar-refractivity contribution in [3.63, 3.8) is 0 Å². The van der Waals surface area contributed by atoms with Crippen LogP contribution in [0.3, 0.4) is 0 Å². The molecule has 0 unspecified atom stereocenters. The molecule has 4 aromatic rings. The molecule has 0 aliphatic rings. The van der Waals surface area contributed by atoms with Crippen molar-refractivity contribution < 1.29 is 4.39 Å². The van der Waals surface area contributed by atoms with Gasteiger partial charge in [0.1, 0.15) is 11.3 Å². The van der Waals surface area contributed by atoms with Gasteiger partial charge < -0.3 is 4.57 Å². The predicted octanol–water partition coefficient (Wildman–Crippen LogP) is 6.20. The van der Waals surface area contributed by atoms with Crippen LogP contribution >= 0.6 is 23.2 Å². The number of para-hydroxylation sites is 1. The van der Waals surface area contributed by atoms with E-state index in [0.29, 0.717) is 27.9 Å². The van der Waals surface area contributed by atoms with E-state index in [0.717, 1.165) is 16.6 Å². The van der Waals surface area contributed by atoms with E-state index in [1.807, 2.05) is 47.0 Å². The average molecular weight is 371 g/mol. The van der Waals surface area contributed by atoms with Gasteiger partial charge in [0.05, 0.1) is 5.52 Å². The van der Waals surface area contributed by atoms with Crippen LogP contribution in [0.15, 0.2) is 66.7 Å². The Morgan fingerprint density at radius 3 is 2.16 bits per heavy atom. The summed E-state index contributed by atoms with van der Waals surface area (Å²) in [7, 11) is 0. The Labute approximate surface area is 154 Å². The molecule has 1 aromatic heterocycles. The van der Waals surface area contributed by atoms with E-state index in [4.69, 9.17) is 23.2 Å². The largest absolute Gasteiger partial charge is 0.319 e. The summed E-state index contributed by atoms with van der Waals surface area (Å²) in [6.45, 7) is 0.565. The molecule has 0 bridgehead atoms. The van der Waals surface area contributed by atoms with Gasteiger partial charge in [0.25, 0.3) is 0 Å². The van der Waals surface area contributed by atoms with Gasteiger partial charge in [-0.05, 0) is 54.1 Å². The Morgan fingerprint density at radius 2 is 1.48 bits per heavy atom. The molecule has 0 saturated heterocycles. The van der Waals surface area contributed by atoms with Gasteiger partial charge in [-0.15, -0.1) is 0 Å². The Bertz CT molecular complexity index is 1040. The molecule has 5 heteroatoms. The number of benzene rings is 3. The third-order valence-corrected chi connectivity index (χ3v) is 4.59. The standard InChI is InChI=1S/C20H13Cl2FN2/c21-15-8-4-13(5-9-15)12-25-18-3-1-2-17(23)19(18)24-20(25)14-6-10-16(22)11-7-14/h1-11H,12H2. The van der Waals surface area contributed by atoms with E-state index in [1.165, 1.54) is 6.07 Å². The van der Waals surface area contributed by atoms with Crippen LogP contribution in [0.2, 0.25) is 10.0 Å². The molecule has 0 aliphatic heterocycles. The van der Waals surface area contributed by atoms with Crippen LogP contribution < -0.4 is 0 Å². The highest BCUT2D eigenvalue weighted by Gasteiger charge is 2.15. The summed E-state index contributed by atoms with van der Waals surface area (Å²) in [6, 6.07) is 20.0. The van der Waals surface area contributed by atoms with Gasteiger partial charge >= 0.3 is 0 Å². The van der Waals surface area contributed by atoms with Gasteiger partial charge in [0.2, 0.25) is 0 Å². The van der Waals surface area contributed by atoms with Crippen molar-refractivity contribution >= 4 is 34.2 Å². The first-order valence-corrected chi connectivity index (χ1v) is 8.52. The number of nitrogens with zero attached hydrogens (tertiary/aromatic N) is 2. The minimum atomic E-state index is -0.331. The molecule has 0 aliphatic carbocycles. The summed E-state index contributed by atoms with van der Waals surface area (Å²) in [4.78, 5) is 4.54. The lowest BCUT2D eigenvalue weighted by Gasteiger charge is -2.10. The van der Waals surface area contributed by atoms with Crippen LogP contribution in [-0.2, 0) is 6.54 Å². The quantitative estimate of drug-likeness (QED) is 0.419. The minimum Gasteiger partial charge on any atom is -0.319 e. The summed E-state index contributed by atoms with van der Waals surface area (Å²) in [5, 5.41) is 1.33. The molecule has 4 rings (SSSR count). The molecule has 1 heterocycles. The van der Waals surface area contributed by atoms with E-state index in [9.17, 15) is 4.39 Å². The second-order valence-corrected chi connectivity index (χ2v) is 6.64. The molecule has 0 spiro atoms. The number of hydrogen-bond acceptors (Lipinski definition) is 1. The first-order chi connectivity index (χ1) is 12.1. The molecule has 0 radical (unpaired) electrons. The summed E-state index contributed by atoms with van der Waals surface area (Å²) in [6.07, 6.45) is 0. The van der Waals surface area contributed by atoms with Crippen molar-refractivity contribution in [3.8, 4) is 11.4 Å². The minimum absolute atomic E-state index is 0.331. The first kappa shape index (κ1) is 16.1.